The normalized spacial score (nSPS) is 12.2. The summed E-state index contributed by atoms with van der Waals surface area (Å²) in [5.74, 6) is 0. The molecule has 0 aromatic heterocycles. The van der Waals surface area contributed by atoms with Gasteiger partial charge in [-0.3, -0.25) is 0 Å². The summed E-state index contributed by atoms with van der Waals surface area (Å²) in [6.45, 7) is 9.65. The van der Waals surface area contributed by atoms with Crippen molar-refractivity contribution in [2.24, 2.45) is 0 Å². The molecule has 2 N–H and O–H groups in total. The molecule has 0 aliphatic heterocycles. The summed E-state index contributed by atoms with van der Waals surface area (Å²) < 4.78 is 0. The first-order valence-corrected chi connectivity index (χ1v) is 6.91. The maximum atomic E-state index is 5.30. The Balaban J connectivity index is 2.36. The molecule has 0 saturated heterocycles. The lowest BCUT2D eigenvalue weighted by atomic mass is 10.3. The van der Waals surface area contributed by atoms with E-state index in [1.54, 1.807) is 0 Å². The van der Waals surface area contributed by atoms with E-state index in [9.17, 15) is 0 Å². The van der Waals surface area contributed by atoms with Crippen molar-refractivity contribution in [3.8, 4) is 0 Å². The van der Waals surface area contributed by atoms with E-state index in [1.807, 2.05) is 30.3 Å². The van der Waals surface area contributed by atoms with Crippen LogP contribution < -0.4 is 10.6 Å². The SMILES string of the molecule is CCN(CC)CC(C)NC(=S)Nc1ccccc1. The third kappa shape index (κ3) is 5.47. The molecule has 18 heavy (non-hydrogen) atoms. The molecule has 100 valence electrons. The lowest BCUT2D eigenvalue weighted by Gasteiger charge is -2.24. The van der Waals surface area contributed by atoms with E-state index < -0.39 is 0 Å². The average Bonchev–Trinajstić information content (AvgIpc) is 2.36. The molecule has 0 spiro atoms. The number of benzene rings is 1. The number of nitrogens with one attached hydrogen (secondary N) is 2. The van der Waals surface area contributed by atoms with Gasteiger partial charge in [0.1, 0.15) is 0 Å². The molecular formula is C14H23N3S. The highest BCUT2D eigenvalue weighted by Crippen LogP contribution is 2.04. The van der Waals surface area contributed by atoms with E-state index in [0.717, 1.165) is 25.3 Å². The Morgan fingerprint density at radius 3 is 2.39 bits per heavy atom. The smallest absolute Gasteiger partial charge is 0.171 e. The Morgan fingerprint density at radius 2 is 1.83 bits per heavy atom. The first-order valence-electron chi connectivity index (χ1n) is 6.50. The van der Waals surface area contributed by atoms with Crippen molar-refractivity contribution in [1.29, 1.82) is 0 Å². The van der Waals surface area contributed by atoms with Crippen molar-refractivity contribution in [3.63, 3.8) is 0 Å². The zero-order valence-electron chi connectivity index (χ0n) is 11.4. The van der Waals surface area contributed by atoms with Crippen LogP contribution in [0.1, 0.15) is 20.8 Å². The second kappa shape index (κ2) is 8.06. The highest BCUT2D eigenvalue weighted by Gasteiger charge is 2.08. The van der Waals surface area contributed by atoms with Crippen LogP contribution in [0, 0.1) is 0 Å². The maximum Gasteiger partial charge on any atom is 0.171 e. The van der Waals surface area contributed by atoms with Gasteiger partial charge in [0, 0.05) is 18.3 Å². The van der Waals surface area contributed by atoms with Gasteiger partial charge in [-0.1, -0.05) is 32.0 Å². The van der Waals surface area contributed by atoms with Gasteiger partial charge >= 0.3 is 0 Å². The Morgan fingerprint density at radius 1 is 1.22 bits per heavy atom. The standard InChI is InChI=1S/C14H23N3S/c1-4-17(5-2)11-12(3)15-14(18)16-13-9-7-6-8-10-13/h6-10,12H,4-5,11H2,1-3H3,(H2,15,16,18). The summed E-state index contributed by atoms with van der Waals surface area (Å²) in [6, 6.07) is 10.3. The molecule has 0 saturated carbocycles. The van der Waals surface area contributed by atoms with Crippen LogP contribution in [0.4, 0.5) is 5.69 Å². The minimum absolute atomic E-state index is 0.341. The monoisotopic (exact) mass is 265 g/mol. The summed E-state index contributed by atoms with van der Waals surface area (Å²) in [5.41, 5.74) is 1.02. The highest BCUT2D eigenvalue weighted by molar-refractivity contribution is 7.80. The first-order chi connectivity index (χ1) is 8.65. The molecule has 1 aromatic carbocycles. The van der Waals surface area contributed by atoms with Gasteiger partial charge in [0.15, 0.2) is 5.11 Å². The van der Waals surface area contributed by atoms with Crippen LogP contribution in [0.25, 0.3) is 0 Å². The Labute approximate surface area is 116 Å². The number of thiocarbonyl (C=S) groups is 1. The number of anilines is 1. The van der Waals surface area contributed by atoms with E-state index in [4.69, 9.17) is 12.2 Å². The number of likely N-dealkylation sites (N-methyl/N-ethyl adjacent to an activating group) is 1. The fourth-order valence-electron chi connectivity index (χ4n) is 1.83. The van der Waals surface area contributed by atoms with E-state index in [2.05, 4.69) is 36.3 Å². The van der Waals surface area contributed by atoms with Gasteiger partial charge in [0.2, 0.25) is 0 Å². The van der Waals surface area contributed by atoms with Gasteiger partial charge in [0.25, 0.3) is 0 Å². The lowest BCUT2D eigenvalue weighted by molar-refractivity contribution is 0.282. The zero-order valence-corrected chi connectivity index (χ0v) is 12.3. The zero-order chi connectivity index (χ0) is 13.4. The van der Waals surface area contributed by atoms with Gasteiger partial charge in [-0.15, -0.1) is 0 Å². The lowest BCUT2D eigenvalue weighted by Crippen LogP contribution is -2.43. The molecule has 1 aromatic rings. The van der Waals surface area contributed by atoms with E-state index in [1.165, 1.54) is 0 Å². The number of hydrogen-bond donors (Lipinski definition) is 2. The molecule has 1 rings (SSSR count). The number of hydrogen-bond acceptors (Lipinski definition) is 2. The topological polar surface area (TPSA) is 27.3 Å². The summed E-state index contributed by atoms with van der Waals surface area (Å²) >= 11 is 5.30. The van der Waals surface area contributed by atoms with Crippen molar-refractivity contribution < 1.29 is 0 Å². The summed E-state index contributed by atoms with van der Waals surface area (Å²) in [4.78, 5) is 2.38. The molecule has 0 bridgehead atoms. The quantitative estimate of drug-likeness (QED) is 0.773. The number of para-hydroxylation sites is 1. The number of nitrogens with zero attached hydrogens (tertiary/aromatic N) is 1. The van der Waals surface area contributed by atoms with Crippen LogP contribution in [0.5, 0.6) is 0 Å². The Bertz CT molecular complexity index is 349. The van der Waals surface area contributed by atoms with Crippen LogP contribution in [0.2, 0.25) is 0 Å². The summed E-state index contributed by atoms with van der Waals surface area (Å²) in [5, 5.41) is 7.17. The molecule has 4 heteroatoms. The van der Waals surface area contributed by atoms with Gasteiger partial charge in [-0.05, 0) is 44.4 Å². The minimum Gasteiger partial charge on any atom is -0.359 e. The van der Waals surface area contributed by atoms with Gasteiger partial charge in [0.05, 0.1) is 0 Å². The second-order valence-corrected chi connectivity index (χ2v) is 4.76. The summed E-state index contributed by atoms with van der Waals surface area (Å²) in [7, 11) is 0. The number of rotatable bonds is 6. The van der Waals surface area contributed by atoms with Crippen molar-refractivity contribution in [2.45, 2.75) is 26.8 Å². The second-order valence-electron chi connectivity index (χ2n) is 4.35. The van der Waals surface area contributed by atoms with Crippen molar-refractivity contribution >= 4 is 23.0 Å². The van der Waals surface area contributed by atoms with Crippen molar-refractivity contribution in [1.82, 2.24) is 10.2 Å². The molecule has 1 atom stereocenters. The molecule has 3 nitrogen and oxygen atoms in total. The first kappa shape index (κ1) is 14.9. The largest absolute Gasteiger partial charge is 0.359 e. The van der Waals surface area contributed by atoms with Crippen molar-refractivity contribution in [2.75, 3.05) is 25.0 Å². The maximum absolute atomic E-state index is 5.30. The molecule has 0 amide bonds. The third-order valence-electron chi connectivity index (χ3n) is 2.84. The van der Waals surface area contributed by atoms with Crippen LogP contribution in [0.3, 0.4) is 0 Å². The molecule has 0 aliphatic rings. The van der Waals surface area contributed by atoms with Crippen molar-refractivity contribution in [3.05, 3.63) is 30.3 Å². The molecule has 1 unspecified atom stereocenters. The van der Waals surface area contributed by atoms with E-state index in [-0.39, 0.29) is 0 Å². The fraction of sp³-hybridized carbons (Fsp3) is 0.500. The van der Waals surface area contributed by atoms with Crippen LogP contribution >= 0.6 is 12.2 Å². The van der Waals surface area contributed by atoms with Crippen LogP contribution in [0.15, 0.2) is 30.3 Å². The summed E-state index contributed by atoms with van der Waals surface area (Å²) in [6.07, 6.45) is 0. The van der Waals surface area contributed by atoms with Gasteiger partial charge in [-0.25, -0.2) is 0 Å². The minimum atomic E-state index is 0.341. The fourth-order valence-corrected chi connectivity index (χ4v) is 2.15. The molecule has 0 radical (unpaired) electrons. The predicted molar refractivity (Wildman–Crippen MR) is 83.0 cm³/mol. The molecule has 0 aliphatic carbocycles. The van der Waals surface area contributed by atoms with E-state index in [0.29, 0.717) is 11.2 Å². The molecule has 0 fully saturated rings. The van der Waals surface area contributed by atoms with Crippen LogP contribution in [-0.4, -0.2) is 35.7 Å². The molecule has 0 heterocycles. The average molecular weight is 265 g/mol. The third-order valence-corrected chi connectivity index (χ3v) is 3.06. The molecular weight excluding hydrogens is 242 g/mol. The Kier molecular flexibility index (Phi) is 6.68. The Hall–Kier alpha value is -1.13. The highest BCUT2D eigenvalue weighted by atomic mass is 32.1. The van der Waals surface area contributed by atoms with Gasteiger partial charge < -0.3 is 15.5 Å². The van der Waals surface area contributed by atoms with Gasteiger partial charge in [-0.2, -0.15) is 0 Å². The predicted octanol–water partition coefficient (Wildman–Crippen LogP) is 2.70. The van der Waals surface area contributed by atoms with Crippen LogP contribution in [-0.2, 0) is 0 Å². The van der Waals surface area contributed by atoms with E-state index >= 15 is 0 Å².